The Bertz CT molecular complexity index is 304. The van der Waals surface area contributed by atoms with Crippen LogP contribution >= 0.6 is 40.5 Å². The Hall–Kier alpha value is 4.12. The molecule has 0 aromatic heterocycles. The second-order valence-electron chi connectivity index (χ2n) is 1.79. The third-order valence-corrected chi connectivity index (χ3v) is 0. The molecule has 25 heteroatoms. The third-order valence-electron chi connectivity index (χ3n) is 0. The van der Waals surface area contributed by atoms with Crippen molar-refractivity contribution in [2.75, 3.05) is 0 Å². The van der Waals surface area contributed by atoms with Crippen molar-refractivity contribution in [3.63, 3.8) is 0 Å². The second-order valence-corrected chi connectivity index (χ2v) is 5.37. The molecule has 0 saturated heterocycles. The van der Waals surface area contributed by atoms with Gasteiger partial charge in [0.1, 0.15) is 0 Å². The van der Waals surface area contributed by atoms with Crippen molar-refractivity contribution >= 4 is 40.5 Å². The van der Waals surface area contributed by atoms with Crippen molar-refractivity contribution in [3.8, 4) is 0 Å². The first kappa shape index (κ1) is 51.6. The van der Waals surface area contributed by atoms with Gasteiger partial charge in [-0.3, -0.25) is 0 Å². The molecule has 0 saturated carbocycles. The van der Waals surface area contributed by atoms with Crippen LogP contribution in [0, 0.1) is 0 Å². The molecule has 0 aliphatic heterocycles. The molecule has 0 bridgehead atoms. The molecule has 0 aliphatic carbocycles. The van der Waals surface area contributed by atoms with Gasteiger partial charge < -0.3 is 77.0 Å². The van der Waals surface area contributed by atoms with E-state index < -0.39 is 31.3 Å². The molecule has 0 N–H and O–H groups in total. The molecule has 0 atom stereocenters. The Balaban J connectivity index is -0.0000000239. The van der Waals surface area contributed by atoms with Gasteiger partial charge in [-0.1, -0.05) is 0 Å². The predicted octanol–water partition coefficient (Wildman–Crippen LogP) is -10.6. The number of hydrogen-bond donors (Lipinski definition) is 0. The smallest absolute Gasteiger partial charge is 4.00 e. The van der Waals surface area contributed by atoms with Crippen molar-refractivity contribution in [2.24, 2.45) is 0 Å². The van der Waals surface area contributed by atoms with Gasteiger partial charge in [0.25, 0.3) is 0 Å². The summed E-state index contributed by atoms with van der Waals surface area (Å²) in [6.07, 6.45) is 0. The van der Waals surface area contributed by atoms with Gasteiger partial charge in [0.15, 0.2) is 0 Å². The van der Waals surface area contributed by atoms with E-state index >= 15 is 0 Å². The fourth-order valence-electron chi connectivity index (χ4n) is 0. The molecule has 0 spiro atoms. The monoisotopic (exact) mass is 791 g/mol. The minimum absolute atomic E-state index is 0. The summed E-state index contributed by atoms with van der Waals surface area (Å²) >= 11 is 2.42. The first-order chi connectivity index (χ1) is 9.00. The molecule has 146 valence electrons. The quantitative estimate of drug-likeness (QED) is 0.162. The number of hydrogen-bond acceptors (Lipinski definition) is 16. The van der Waals surface area contributed by atoms with Crippen LogP contribution in [0.3, 0.4) is 0 Å². The minimum atomic E-state index is -5.39. The van der Waals surface area contributed by atoms with Crippen LogP contribution in [0.5, 0.6) is 0 Å². The molecular formula is AgClO16P4Zr3. The van der Waals surface area contributed by atoms with Crippen molar-refractivity contribution in [2.45, 2.75) is 0 Å². The van der Waals surface area contributed by atoms with Gasteiger partial charge in [-0.15, -0.1) is 0 Å². The van der Waals surface area contributed by atoms with Gasteiger partial charge in [-0.25, -0.2) is 0 Å². The van der Waals surface area contributed by atoms with E-state index in [1.54, 1.807) is 0 Å². The molecule has 0 unspecified atom stereocenters. The van der Waals surface area contributed by atoms with Crippen LogP contribution < -0.4 is 58.7 Å². The zero-order chi connectivity index (χ0) is 20.0. The SMILES string of the molecule is O=P([O-])([O-])[O-].O=P([O-])([O-])[O-].O=P([O-])([O-])[O-].O=P([O-])([O-])[O-].[Cl][Ag].[Zr+4].[Zr+4].[Zr+4]. The normalized spacial score (nSPS) is 9.72. The molecule has 0 rings (SSSR count). The second kappa shape index (κ2) is 26.2. The molecule has 0 fully saturated rings. The van der Waals surface area contributed by atoms with Crippen LogP contribution in [0.25, 0.3) is 0 Å². The maximum Gasteiger partial charge on any atom is 4.00 e. The van der Waals surface area contributed by atoms with E-state index in [0.29, 0.717) is 0 Å². The van der Waals surface area contributed by atoms with Gasteiger partial charge in [0, 0.05) is 0 Å². The van der Waals surface area contributed by atoms with E-state index in [0.717, 1.165) is 0 Å². The number of rotatable bonds is 0. The first-order valence-corrected chi connectivity index (χ1v) is 10.8. The molecule has 0 radical (unpaired) electrons. The molecule has 25 heavy (non-hydrogen) atoms. The Morgan fingerprint density at radius 3 is 0.400 bits per heavy atom. The van der Waals surface area contributed by atoms with Crippen molar-refractivity contribution in [3.05, 3.63) is 0 Å². The summed E-state index contributed by atoms with van der Waals surface area (Å²) in [6.45, 7) is 0. The van der Waals surface area contributed by atoms with E-state index in [1.807, 2.05) is 0 Å². The molecule has 0 heterocycles. The fourth-order valence-corrected chi connectivity index (χ4v) is 0. The molecule has 0 aromatic rings. The number of halogens is 1. The Morgan fingerprint density at radius 1 is 0.400 bits per heavy atom. The van der Waals surface area contributed by atoms with Crippen LogP contribution in [0.15, 0.2) is 0 Å². The minimum Gasteiger partial charge on any atom is 4.00 e. The van der Waals surface area contributed by atoms with Crippen molar-refractivity contribution in [1.29, 1.82) is 0 Å². The first-order valence-electron chi connectivity index (χ1n) is 3.04. The summed E-state index contributed by atoms with van der Waals surface area (Å²) < 4.78 is 34.2. The van der Waals surface area contributed by atoms with Gasteiger partial charge in [-0.2, -0.15) is 31.3 Å². The van der Waals surface area contributed by atoms with Crippen LogP contribution in [0.4, 0.5) is 0 Å². The molecular weight excluding hydrogens is 797 g/mol. The molecule has 0 aliphatic rings. The Kier molecular flexibility index (Phi) is 54.0. The van der Waals surface area contributed by atoms with Crippen LogP contribution in [0.1, 0.15) is 0 Å². The van der Waals surface area contributed by atoms with Gasteiger partial charge in [0.05, 0.1) is 0 Å². The van der Waals surface area contributed by atoms with Gasteiger partial charge in [-0.05, 0) is 0 Å². The zero-order valence-electron chi connectivity index (χ0n) is 10.5. The maximum absolute atomic E-state index is 8.55. The molecule has 16 nitrogen and oxygen atoms in total. The summed E-state index contributed by atoms with van der Waals surface area (Å²) in [4.78, 5) is 103. The van der Waals surface area contributed by atoms with E-state index in [4.69, 9.17) is 77.0 Å². The van der Waals surface area contributed by atoms with Crippen molar-refractivity contribution in [1.82, 2.24) is 0 Å². The van der Waals surface area contributed by atoms with E-state index in [2.05, 4.69) is 29.2 Å². The standard InChI is InChI=1S/Ag.ClH.4H3O4P.3Zr/c;;4*1-5(2,3)4;;;/h;1H;4*(H3,1,2,3,4);;;/q+1;;;;;;3*+4/p-13. The predicted molar refractivity (Wildman–Crippen MR) is 36.3 cm³/mol. The summed E-state index contributed by atoms with van der Waals surface area (Å²) in [5, 5.41) is 0. The summed E-state index contributed by atoms with van der Waals surface area (Å²) in [5.74, 6) is 0. The van der Waals surface area contributed by atoms with E-state index in [1.165, 1.54) is 0 Å². The molecule has 0 aromatic carbocycles. The van der Waals surface area contributed by atoms with Gasteiger partial charge >= 0.3 is 108 Å². The van der Waals surface area contributed by atoms with Gasteiger partial charge in [0.2, 0.25) is 0 Å². The number of phosphoric acid groups is 4. The topological polar surface area (TPSA) is 345 Å². The summed E-state index contributed by atoms with van der Waals surface area (Å²) in [6, 6.07) is 0. The Morgan fingerprint density at radius 2 is 0.400 bits per heavy atom. The largest absolute Gasteiger partial charge is 4.00 e. The van der Waals surface area contributed by atoms with E-state index in [9.17, 15) is 0 Å². The molecule has 0 amide bonds. The Labute approximate surface area is 213 Å². The third kappa shape index (κ3) is 1130. The van der Waals surface area contributed by atoms with Crippen LogP contribution in [-0.2, 0) is 117 Å². The zero-order valence-corrected chi connectivity index (χ0v) is 23.7. The fraction of sp³-hybridized carbons (Fsp3) is 0. The summed E-state index contributed by atoms with van der Waals surface area (Å²) in [5.41, 5.74) is 0. The van der Waals surface area contributed by atoms with Crippen molar-refractivity contribution < 1.29 is 176 Å². The van der Waals surface area contributed by atoms with Crippen LogP contribution in [0.2, 0.25) is 0 Å². The average Bonchev–Trinajstić information content (AvgIpc) is 1.92. The van der Waals surface area contributed by atoms with Crippen LogP contribution in [-0.4, -0.2) is 0 Å². The van der Waals surface area contributed by atoms with E-state index in [-0.39, 0.29) is 78.6 Å². The average molecular weight is 797 g/mol. The summed E-state index contributed by atoms with van der Waals surface area (Å²) in [7, 11) is -17.1. The maximum atomic E-state index is 8.55.